The maximum atomic E-state index is 12.7. The summed E-state index contributed by atoms with van der Waals surface area (Å²) in [5.41, 5.74) is 0.380. The van der Waals surface area contributed by atoms with E-state index in [1.165, 1.54) is 18.2 Å². The highest BCUT2D eigenvalue weighted by Gasteiger charge is 2.07. The zero-order valence-corrected chi connectivity index (χ0v) is 7.55. The summed E-state index contributed by atoms with van der Waals surface area (Å²) < 4.78 is 12.9. The topological polar surface area (TPSA) is 44.0 Å². The number of benzene rings is 1. The second kappa shape index (κ2) is 3.65. The number of rotatable bonds is 1. The van der Waals surface area contributed by atoms with Crippen LogP contribution < -0.4 is 0 Å². The molecular weight excluding hydrogens is 225 g/mol. The molecule has 0 heterocycles. The second-order valence-electron chi connectivity index (χ2n) is 2.21. The number of aliphatic hydroxyl groups excluding tert-OH is 1. The van der Waals surface area contributed by atoms with E-state index in [4.69, 9.17) is 10.4 Å². The number of hydrogen-bond donors (Lipinski definition) is 1. The van der Waals surface area contributed by atoms with Crippen molar-refractivity contribution in [2.45, 2.75) is 6.10 Å². The van der Waals surface area contributed by atoms with Gasteiger partial charge in [-0.2, -0.15) is 5.26 Å². The van der Waals surface area contributed by atoms with Crippen LogP contribution in [0.25, 0.3) is 0 Å². The van der Waals surface area contributed by atoms with E-state index < -0.39 is 11.9 Å². The van der Waals surface area contributed by atoms with Crippen LogP contribution in [0.3, 0.4) is 0 Å². The van der Waals surface area contributed by atoms with Crippen LogP contribution in [0.5, 0.6) is 0 Å². The predicted octanol–water partition coefficient (Wildman–Crippen LogP) is 2.15. The summed E-state index contributed by atoms with van der Waals surface area (Å²) in [6, 6.07) is 5.58. The zero-order chi connectivity index (χ0) is 9.14. The first-order valence-corrected chi connectivity index (χ1v) is 3.97. The summed E-state index contributed by atoms with van der Waals surface area (Å²) in [6.07, 6.45) is -1.19. The summed E-state index contributed by atoms with van der Waals surface area (Å²) in [5.74, 6) is -0.413. The fourth-order valence-corrected chi connectivity index (χ4v) is 1.15. The molecule has 1 aromatic rings. The van der Waals surface area contributed by atoms with E-state index in [0.29, 0.717) is 5.56 Å². The van der Waals surface area contributed by atoms with Crippen LogP contribution in [-0.2, 0) is 0 Å². The van der Waals surface area contributed by atoms with Crippen molar-refractivity contribution in [2.24, 2.45) is 0 Å². The summed E-state index contributed by atoms with van der Waals surface area (Å²) >= 11 is 2.95. The van der Waals surface area contributed by atoms with Crippen molar-refractivity contribution in [3.8, 4) is 6.07 Å². The van der Waals surface area contributed by atoms with E-state index >= 15 is 0 Å². The largest absolute Gasteiger partial charge is 0.374 e. The van der Waals surface area contributed by atoms with Crippen molar-refractivity contribution in [3.63, 3.8) is 0 Å². The quantitative estimate of drug-likeness (QED) is 0.751. The van der Waals surface area contributed by atoms with Gasteiger partial charge >= 0.3 is 0 Å². The summed E-state index contributed by atoms with van der Waals surface area (Å²) in [7, 11) is 0. The lowest BCUT2D eigenvalue weighted by Crippen LogP contribution is -1.93. The molecule has 0 radical (unpaired) electrons. The molecule has 0 fully saturated rings. The fourth-order valence-electron chi connectivity index (χ4n) is 0.757. The number of aliphatic hydroxyl groups is 1. The van der Waals surface area contributed by atoms with Gasteiger partial charge in [-0.15, -0.1) is 0 Å². The highest BCUT2D eigenvalue weighted by atomic mass is 79.9. The molecule has 0 aliphatic carbocycles. The molecule has 1 N–H and O–H groups in total. The standard InChI is InChI=1S/C8H5BrFNO/c9-6-3-5(8(12)4-11)1-2-7(6)10/h1-3,8,12H. The van der Waals surface area contributed by atoms with Crippen molar-refractivity contribution in [3.05, 3.63) is 34.1 Å². The molecule has 0 aliphatic heterocycles. The minimum absolute atomic E-state index is 0.245. The van der Waals surface area contributed by atoms with Gasteiger partial charge in [-0.25, -0.2) is 4.39 Å². The predicted molar refractivity (Wildman–Crippen MR) is 44.7 cm³/mol. The Hall–Kier alpha value is -0.920. The maximum absolute atomic E-state index is 12.7. The SMILES string of the molecule is N#CC(O)c1ccc(F)c(Br)c1. The number of halogens is 2. The van der Waals surface area contributed by atoms with Crippen LogP contribution in [0.1, 0.15) is 11.7 Å². The first-order chi connectivity index (χ1) is 5.65. The van der Waals surface area contributed by atoms with E-state index in [0.717, 1.165) is 0 Å². The molecule has 1 atom stereocenters. The normalized spacial score (nSPS) is 12.2. The number of nitriles is 1. The van der Waals surface area contributed by atoms with Crippen molar-refractivity contribution >= 4 is 15.9 Å². The molecule has 62 valence electrons. The third kappa shape index (κ3) is 1.81. The Morgan fingerprint density at radius 2 is 2.25 bits per heavy atom. The van der Waals surface area contributed by atoms with E-state index in [1.54, 1.807) is 6.07 Å². The lowest BCUT2D eigenvalue weighted by molar-refractivity contribution is 0.235. The molecular formula is C8H5BrFNO. The van der Waals surface area contributed by atoms with E-state index in [-0.39, 0.29) is 4.47 Å². The first kappa shape index (κ1) is 9.17. The Morgan fingerprint density at radius 3 is 2.75 bits per heavy atom. The molecule has 0 saturated carbocycles. The Kier molecular flexibility index (Phi) is 2.79. The van der Waals surface area contributed by atoms with Gasteiger partial charge in [0, 0.05) is 0 Å². The molecule has 2 nitrogen and oxygen atoms in total. The van der Waals surface area contributed by atoms with Gasteiger partial charge in [0.2, 0.25) is 0 Å². The molecule has 4 heteroatoms. The molecule has 1 aromatic carbocycles. The smallest absolute Gasteiger partial charge is 0.165 e. The minimum atomic E-state index is -1.19. The lowest BCUT2D eigenvalue weighted by atomic mass is 10.1. The Balaban J connectivity index is 3.06. The van der Waals surface area contributed by atoms with Crippen LogP contribution in [-0.4, -0.2) is 5.11 Å². The molecule has 0 saturated heterocycles. The van der Waals surface area contributed by atoms with Crippen molar-refractivity contribution in [2.75, 3.05) is 0 Å². The van der Waals surface area contributed by atoms with Gasteiger partial charge in [0.15, 0.2) is 6.10 Å². The van der Waals surface area contributed by atoms with Crippen LogP contribution >= 0.6 is 15.9 Å². The highest BCUT2D eigenvalue weighted by Crippen LogP contribution is 2.20. The third-order valence-corrected chi connectivity index (χ3v) is 1.99. The minimum Gasteiger partial charge on any atom is -0.374 e. The van der Waals surface area contributed by atoms with Crippen molar-refractivity contribution in [1.29, 1.82) is 5.26 Å². The average Bonchev–Trinajstić information content (AvgIpc) is 2.08. The van der Waals surface area contributed by atoms with Gasteiger partial charge < -0.3 is 5.11 Å². The zero-order valence-electron chi connectivity index (χ0n) is 5.96. The summed E-state index contributed by atoms with van der Waals surface area (Å²) in [4.78, 5) is 0. The maximum Gasteiger partial charge on any atom is 0.165 e. The van der Waals surface area contributed by atoms with Crippen LogP contribution in [0.2, 0.25) is 0 Å². The van der Waals surface area contributed by atoms with E-state index in [1.807, 2.05) is 0 Å². The van der Waals surface area contributed by atoms with Crippen LogP contribution in [0.15, 0.2) is 22.7 Å². The lowest BCUT2D eigenvalue weighted by Gasteiger charge is -2.02. The molecule has 1 unspecified atom stereocenters. The van der Waals surface area contributed by atoms with Gasteiger partial charge in [-0.05, 0) is 33.6 Å². The second-order valence-corrected chi connectivity index (χ2v) is 3.06. The van der Waals surface area contributed by atoms with Gasteiger partial charge in [0.25, 0.3) is 0 Å². The number of hydrogen-bond acceptors (Lipinski definition) is 2. The Morgan fingerprint density at radius 1 is 1.58 bits per heavy atom. The molecule has 0 spiro atoms. The molecule has 12 heavy (non-hydrogen) atoms. The molecule has 0 aromatic heterocycles. The molecule has 0 bridgehead atoms. The molecule has 1 rings (SSSR count). The van der Waals surface area contributed by atoms with Gasteiger partial charge in [0.05, 0.1) is 10.5 Å². The Bertz CT molecular complexity index is 334. The van der Waals surface area contributed by atoms with Crippen LogP contribution in [0.4, 0.5) is 4.39 Å². The first-order valence-electron chi connectivity index (χ1n) is 3.18. The Labute approximate surface area is 77.4 Å². The summed E-state index contributed by atoms with van der Waals surface area (Å²) in [5, 5.41) is 17.4. The van der Waals surface area contributed by atoms with Crippen LogP contribution in [0, 0.1) is 17.1 Å². The molecule has 0 amide bonds. The summed E-state index contributed by atoms with van der Waals surface area (Å²) in [6.45, 7) is 0. The van der Waals surface area contributed by atoms with E-state index in [9.17, 15) is 4.39 Å². The van der Waals surface area contributed by atoms with Gasteiger partial charge in [-0.3, -0.25) is 0 Å². The van der Waals surface area contributed by atoms with Crippen molar-refractivity contribution in [1.82, 2.24) is 0 Å². The third-order valence-electron chi connectivity index (χ3n) is 1.38. The monoisotopic (exact) mass is 229 g/mol. The van der Waals surface area contributed by atoms with Gasteiger partial charge in [0.1, 0.15) is 5.82 Å². The van der Waals surface area contributed by atoms with E-state index in [2.05, 4.69) is 15.9 Å². The number of nitrogens with zero attached hydrogens (tertiary/aromatic N) is 1. The van der Waals surface area contributed by atoms with Gasteiger partial charge in [-0.1, -0.05) is 6.07 Å². The fraction of sp³-hybridized carbons (Fsp3) is 0.125. The average molecular weight is 230 g/mol. The molecule has 0 aliphatic rings. The highest BCUT2D eigenvalue weighted by molar-refractivity contribution is 9.10. The van der Waals surface area contributed by atoms with Crippen molar-refractivity contribution < 1.29 is 9.50 Å².